The highest BCUT2D eigenvalue weighted by atomic mass is 16.6. The van der Waals surface area contributed by atoms with Crippen molar-refractivity contribution in [2.75, 3.05) is 13.7 Å². The van der Waals surface area contributed by atoms with Crippen LogP contribution in [0.15, 0.2) is 45.6 Å². The first-order valence-corrected chi connectivity index (χ1v) is 10.6. The highest BCUT2D eigenvalue weighted by Gasteiger charge is 2.48. The molecule has 1 saturated heterocycles. The number of carbonyl (C=O) groups is 1. The molecule has 11 nitrogen and oxygen atoms in total. The van der Waals surface area contributed by atoms with E-state index in [0.29, 0.717) is 5.56 Å². The maximum Gasteiger partial charge on any atom is 0.303 e. The summed E-state index contributed by atoms with van der Waals surface area (Å²) < 4.78 is 22.5. The molecule has 2 unspecified atom stereocenters. The second kappa shape index (κ2) is 9.55. The fourth-order valence-electron chi connectivity index (χ4n) is 4.16. The van der Waals surface area contributed by atoms with E-state index in [-0.39, 0.29) is 33.8 Å². The molecule has 0 amide bonds. The van der Waals surface area contributed by atoms with Crippen molar-refractivity contribution in [2.45, 2.75) is 37.4 Å². The Morgan fingerprint density at radius 1 is 1.09 bits per heavy atom. The van der Waals surface area contributed by atoms with Gasteiger partial charge in [0.2, 0.25) is 0 Å². The lowest BCUT2D eigenvalue weighted by Crippen LogP contribution is -2.56. The summed E-state index contributed by atoms with van der Waals surface area (Å²) in [4.78, 5) is 24.8. The molecule has 3 aromatic rings. The van der Waals surface area contributed by atoms with Gasteiger partial charge in [0.25, 0.3) is 0 Å². The van der Waals surface area contributed by atoms with Gasteiger partial charge < -0.3 is 44.2 Å². The zero-order chi connectivity index (χ0) is 25.4. The van der Waals surface area contributed by atoms with E-state index in [4.69, 9.17) is 18.6 Å². The number of esters is 1. The van der Waals surface area contributed by atoms with Gasteiger partial charge in [0.15, 0.2) is 17.1 Å². The summed E-state index contributed by atoms with van der Waals surface area (Å²) in [5.41, 5.74) is -0.358. The van der Waals surface area contributed by atoms with Crippen LogP contribution in [0.3, 0.4) is 0 Å². The van der Waals surface area contributed by atoms with E-state index in [1.807, 2.05) is 0 Å². The van der Waals surface area contributed by atoms with Crippen LogP contribution in [-0.4, -0.2) is 69.6 Å². The Bertz CT molecular complexity index is 1300. The number of rotatable bonds is 5. The lowest BCUT2D eigenvalue weighted by Gasteiger charge is -2.42. The van der Waals surface area contributed by atoms with E-state index in [0.717, 1.165) is 19.1 Å². The summed E-state index contributed by atoms with van der Waals surface area (Å²) in [6, 6.07) is 8.13. The third kappa shape index (κ3) is 4.42. The van der Waals surface area contributed by atoms with Gasteiger partial charge in [-0.2, -0.15) is 0 Å². The molecule has 2 heterocycles. The number of aliphatic hydroxyl groups excluding tert-OH is 3. The standard InChI is InChI=1S/C24H24O11/c1-10(26)33-24-21(31)20(30)17(9-25)35-23(24)19-16(32-2)8-14(29)18-13(28)7-15(34-22(18)19)11-3-5-12(27)6-4-11/h3-8,17,20-21,23-25,27,29-31H,9H2,1-2H3/t17?,20-,21-,23-,24?/m0/s1. The van der Waals surface area contributed by atoms with Crippen LogP contribution in [0, 0.1) is 0 Å². The summed E-state index contributed by atoms with van der Waals surface area (Å²) >= 11 is 0. The molecule has 2 aromatic carbocycles. The zero-order valence-corrected chi connectivity index (χ0v) is 18.7. The van der Waals surface area contributed by atoms with E-state index < -0.39 is 54.3 Å². The van der Waals surface area contributed by atoms with Crippen molar-refractivity contribution < 1.29 is 49.0 Å². The number of ether oxygens (including phenoxy) is 3. The molecule has 1 aliphatic rings. The smallest absolute Gasteiger partial charge is 0.303 e. The second-order valence-electron chi connectivity index (χ2n) is 8.07. The molecule has 0 saturated carbocycles. The summed E-state index contributed by atoms with van der Waals surface area (Å²) in [6.07, 6.45) is -7.38. The van der Waals surface area contributed by atoms with Crippen LogP contribution in [0.4, 0.5) is 0 Å². The fourth-order valence-corrected chi connectivity index (χ4v) is 4.16. The van der Waals surface area contributed by atoms with Gasteiger partial charge in [0, 0.05) is 24.6 Å². The third-order valence-electron chi connectivity index (χ3n) is 5.81. The van der Waals surface area contributed by atoms with Crippen molar-refractivity contribution in [1.82, 2.24) is 0 Å². The van der Waals surface area contributed by atoms with Crippen LogP contribution < -0.4 is 10.2 Å². The van der Waals surface area contributed by atoms with Gasteiger partial charge in [-0.3, -0.25) is 9.59 Å². The van der Waals surface area contributed by atoms with Crippen LogP contribution in [-0.2, 0) is 14.3 Å². The van der Waals surface area contributed by atoms with Crippen LogP contribution in [0.5, 0.6) is 17.2 Å². The van der Waals surface area contributed by atoms with Crippen molar-refractivity contribution in [3.63, 3.8) is 0 Å². The number of phenolic OH excluding ortho intramolecular Hbond substituents is 2. The molecule has 4 rings (SSSR count). The third-order valence-corrected chi connectivity index (χ3v) is 5.81. The Hall–Kier alpha value is -3.64. The Morgan fingerprint density at radius 3 is 2.37 bits per heavy atom. The molecule has 0 radical (unpaired) electrons. The summed E-state index contributed by atoms with van der Waals surface area (Å²) in [7, 11) is 1.28. The van der Waals surface area contributed by atoms with Crippen molar-refractivity contribution in [1.29, 1.82) is 0 Å². The zero-order valence-electron chi connectivity index (χ0n) is 18.7. The average Bonchev–Trinajstić information content (AvgIpc) is 2.82. The molecule has 186 valence electrons. The number of methoxy groups -OCH3 is 1. The molecular weight excluding hydrogens is 464 g/mol. The van der Waals surface area contributed by atoms with E-state index in [9.17, 15) is 35.1 Å². The second-order valence-corrected chi connectivity index (χ2v) is 8.07. The Morgan fingerprint density at radius 2 is 1.77 bits per heavy atom. The normalized spacial score (nSPS) is 24.3. The predicted molar refractivity (Wildman–Crippen MR) is 120 cm³/mol. The Labute approximate surface area is 198 Å². The van der Waals surface area contributed by atoms with Gasteiger partial charge in [-0.1, -0.05) is 0 Å². The largest absolute Gasteiger partial charge is 0.508 e. The van der Waals surface area contributed by atoms with Gasteiger partial charge in [-0.15, -0.1) is 0 Å². The van der Waals surface area contributed by atoms with Gasteiger partial charge in [-0.25, -0.2) is 0 Å². The number of hydrogen-bond donors (Lipinski definition) is 5. The fraction of sp³-hybridized carbons (Fsp3) is 0.333. The topological polar surface area (TPSA) is 176 Å². The van der Waals surface area contributed by atoms with Gasteiger partial charge in [0.05, 0.1) is 19.3 Å². The van der Waals surface area contributed by atoms with Gasteiger partial charge in [0.1, 0.15) is 52.8 Å². The van der Waals surface area contributed by atoms with Crippen LogP contribution in [0.1, 0.15) is 18.6 Å². The number of carbonyl (C=O) groups excluding carboxylic acids is 1. The average molecular weight is 488 g/mol. The van der Waals surface area contributed by atoms with Gasteiger partial charge in [-0.05, 0) is 24.3 Å². The molecule has 0 bridgehead atoms. The van der Waals surface area contributed by atoms with Crippen molar-refractivity contribution in [3.05, 3.63) is 52.2 Å². The molecule has 1 fully saturated rings. The monoisotopic (exact) mass is 488 g/mol. The Balaban J connectivity index is 2.01. The number of hydrogen-bond acceptors (Lipinski definition) is 11. The quantitative estimate of drug-likeness (QED) is 0.323. The molecule has 0 aliphatic carbocycles. The lowest BCUT2D eigenvalue weighted by atomic mass is 9.89. The first-order valence-electron chi connectivity index (χ1n) is 10.6. The van der Waals surface area contributed by atoms with Crippen molar-refractivity contribution >= 4 is 16.9 Å². The molecule has 35 heavy (non-hydrogen) atoms. The van der Waals surface area contributed by atoms with E-state index in [1.54, 1.807) is 0 Å². The molecule has 11 heteroatoms. The van der Waals surface area contributed by atoms with Crippen LogP contribution in [0.2, 0.25) is 0 Å². The SMILES string of the molecule is COc1cc(O)c2c(=O)cc(-c3ccc(O)cc3)oc2c1[C@@H]1OC(CO)[C@H](O)[C@H](O)C1OC(C)=O. The number of fused-ring (bicyclic) bond motifs is 1. The minimum absolute atomic E-state index is 0.000640. The highest BCUT2D eigenvalue weighted by molar-refractivity contribution is 5.89. The van der Waals surface area contributed by atoms with Crippen molar-refractivity contribution in [2.24, 2.45) is 0 Å². The molecule has 1 aliphatic heterocycles. The van der Waals surface area contributed by atoms with E-state index in [1.165, 1.54) is 31.4 Å². The Kier molecular flexibility index (Phi) is 6.68. The summed E-state index contributed by atoms with van der Waals surface area (Å²) in [5.74, 6) is -1.19. The number of phenols is 2. The molecule has 1 aromatic heterocycles. The van der Waals surface area contributed by atoms with E-state index in [2.05, 4.69) is 0 Å². The maximum absolute atomic E-state index is 13.0. The number of aliphatic hydroxyl groups is 3. The first kappa shape index (κ1) is 24.5. The van der Waals surface area contributed by atoms with Crippen LogP contribution >= 0.6 is 0 Å². The molecule has 0 spiro atoms. The maximum atomic E-state index is 13.0. The minimum Gasteiger partial charge on any atom is -0.508 e. The highest BCUT2D eigenvalue weighted by Crippen LogP contribution is 2.45. The molecular formula is C24H24O11. The molecule has 5 atom stereocenters. The predicted octanol–water partition coefficient (Wildman–Crippen LogP) is 0.965. The van der Waals surface area contributed by atoms with Crippen LogP contribution in [0.25, 0.3) is 22.3 Å². The minimum atomic E-state index is -1.67. The van der Waals surface area contributed by atoms with E-state index >= 15 is 0 Å². The number of aromatic hydroxyl groups is 2. The molecule has 5 N–H and O–H groups in total. The number of benzene rings is 2. The summed E-state index contributed by atoms with van der Waals surface area (Å²) in [5, 5.41) is 50.6. The van der Waals surface area contributed by atoms with Gasteiger partial charge >= 0.3 is 5.97 Å². The van der Waals surface area contributed by atoms with Crippen molar-refractivity contribution in [3.8, 4) is 28.6 Å². The summed E-state index contributed by atoms with van der Waals surface area (Å²) in [6.45, 7) is 0.423. The first-order chi connectivity index (χ1) is 16.7. The lowest BCUT2D eigenvalue weighted by molar-refractivity contribution is -0.240.